The zero-order valence-corrected chi connectivity index (χ0v) is 23.1. The number of hydrogen-bond donors (Lipinski definition) is 2. The second-order valence-corrected chi connectivity index (χ2v) is 11.9. The summed E-state index contributed by atoms with van der Waals surface area (Å²) in [5, 5.41) is 3.47. The van der Waals surface area contributed by atoms with Crippen LogP contribution in [0.4, 0.5) is 20.5 Å². The van der Waals surface area contributed by atoms with Gasteiger partial charge in [0.2, 0.25) is 16.0 Å². The second-order valence-electron chi connectivity index (χ2n) is 10.2. The molecule has 2 aromatic heterocycles. The number of ether oxygens (including phenoxy) is 1. The molecule has 1 aliphatic carbocycles. The van der Waals surface area contributed by atoms with Gasteiger partial charge in [0, 0.05) is 31.2 Å². The first kappa shape index (κ1) is 27.5. The molecule has 0 amide bonds. The molecule has 2 fully saturated rings. The maximum atomic E-state index is 14.1. The molecule has 0 spiro atoms. The molecule has 0 atom stereocenters. The molecule has 0 bridgehead atoms. The number of fused-ring (bicyclic) bond motifs is 1. The van der Waals surface area contributed by atoms with Crippen LogP contribution in [0.25, 0.3) is 16.9 Å². The Morgan fingerprint density at radius 3 is 2.29 bits per heavy atom. The molecule has 216 valence electrons. The molecule has 10 nitrogen and oxygen atoms in total. The van der Waals surface area contributed by atoms with Crippen molar-refractivity contribution in [3.63, 3.8) is 0 Å². The number of rotatable bonds is 8. The third-order valence-corrected chi connectivity index (χ3v) is 9.00. The number of nitrogens with one attached hydrogen (secondary N) is 2. The van der Waals surface area contributed by atoms with Crippen LogP contribution in [-0.4, -0.2) is 66.3 Å². The molecule has 0 radical (unpaired) electrons. The predicted molar refractivity (Wildman–Crippen MR) is 151 cm³/mol. The van der Waals surface area contributed by atoms with Gasteiger partial charge in [-0.05, 0) is 49.9 Å². The number of alkyl halides is 2. The average molecular weight is 584 g/mol. The van der Waals surface area contributed by atoms with Crippen LogP contribution in [0.3, 0.4) is 0 Å². The molecule has 1 saturated carbocycles. The number of imidazole rings is 1. The van der Waals surface area contributed by atoms with E-state index in [2.05, 4.69) is 15.0 Å². The first-order valence-corrected chi connectivity index (χ1v) is 15.2. The Labute approximate surface area is 236 Å². The monoisotopic (exact) mass is 583 g/mol. The van der Waals surface area contributed by atoms with Crippen LogP contribution < -0.4 is 14.9 Å². The smallest absolute Gasteiger partial charge is 0.296 e. The number of morpholine rings is 1. The summed E-state index contributed by atoms with van der Waals surface area (Å²) < 4.78 is 63.5. The standard InChI is InChI=1S/C28H31F2N7O3S/c29-26(30)27-32-22-8-4-5-9-23(22)37(27)25-18-24(33-28(34-25)36-14-16-40-17-15-36)31-19-10-12-20(13-11-19)35-41(38,39)21-6-2-1-3-7-21/h1-9,18-20,26,35H,10-17H2,(H,31,33,34)/t19-,20-. The normalized spacial score (nSPS) is 20.0. The van der Waals surface area contributed by atoms with Crippen molar-refractivity contribution in [3.05, 3.63) is 66.5 Å². The van der Waals surface area contributed by atoms with Crippen molar-refractivity contribution >= 4 is 32.8 Å². The minimum Gasteiger partial charge on any atom is -0.378 e. The number of anilines is 2. The molecule has 6 rings (SSSR count). The van der Waals surface area contributed by atoms with Gasteiger partial charge < -0.3 is 15.0 Å². The average Bonchev–Trinajstić information content (AvgIpc) is 3.39. The Kier molecular flexibility index (Phi) is 7.82. The van der Waals surface area contributed by atoms with Gasteiger partial charge in [-0.25, -0.2) is 26.9 Å². The van der Waals surface area contributed by atoms with Crippen LogP contribution in [0, 0.1) is 0 Å². The Hall–Kier alpha value is -3.68. The zero-order valence-electron chi connectivity index (χ0n) is 22.3. The molecule has 13 heteroatoms. The van der Waals surface area contributed by atoms with E-state index < -0.39 is 16.4 Å². The van der Waals surface area contributed by atoms with Crippen LogP contribution in [0.2, 0.25) is 0 Å². The van der Waals surface area contributed by atoms with E-state index >= 15 is 0 Å². The lowest BCUT2D eigenvalue weighted by Gasteiger charge is -2.31. The van der Waals surface area contributed by atoms with E-state index in [9.17, 15) is 17.2 Å². The largest absolute Gasteiger partial charge is 0.378 e. The molecule has 0 unspecified atom stereocenters. The van der Waals surface area contributed by atoms with Gasteiger partial charge in [-0.15, -0.1) is 0 Å². The van der Waals surface area contributed by atoms with Crippen LogP contribution in [0.15, 0.2) is 65.6 Å². The van der Waals surface area contributed by atoms with Crippen LogP contribution in [-0.2, 0) is 14.8 Å². The molecular weight excluding hydrogens is 552 g/mol. The van der Waals surface area contributed by atoms with Crippen molar-refractivity contribution in [1.29, 1.82) is 0 Å². The van der Waals surface area contributed by atoms with E-state index in [0.717, 1.165) is 0 Å². The second kappa shape index (κ2) is 11.7. The fraction of sp³-hybridized carbons (Fsp3) is 0.393. The Morgan fingerprint density at radius 1 is 0.878 bits per heavy atom. The maximum absolute atomic E-state index is 14.1. The summed E-state index contributed by atoms with van der Waals surface area (Å²) in [7, 11) is -3.59. The molecule has 2 aliphatic rings. The van der Waals surface area contributed by atoms with Gasteiger partial charge >= 0.3 is 0 Å². The highest BCUT2D eigenvalue weighted by molar-refractivity contribution is 7.89. The highest BCUT2D eigenvalue weighted by Gasteiger charge is 2.27. The summed E-state index contributed by atoms with van der Waals surface area (Å²) >= 11 is 0. The summed E-state index contributed by atoms with van der Waals surface area (Å²) in [6.45, 7) is 2.22. The van der Waals surface area contributed by atoms with Crippen LogP contribution >= 0.6 is 0 Å². The summed E-state index contributed by atoms with van der Waals surface area (Å²) in [4.78, 5) is 15.9. The minimum atomic E-state index is -3.59. The van der Waals surface area contributed by atoms with Crippen molar-refractivity contribution in [3.8, 4) is 5.82 Å². The first-order valence-electron chi connectivity index (χ1n) is 13.7. The SMILES string of the molecule is O=S(=O)(N[C@H]1CC[C@H](Nc2cc(-n3c(C(F)F)nc4ccccc43)nc(N3CCOCC3)n2)CC1)c1ccccc1. The van der Waals surface area contributed by atoms with E-state index in [0.29, 0.717) is 80.6 Å². The number of sulfonamides is 1. The van der Waals surface area contributed by atoms with Gasteiger partial charge in [-0.2, -0.15) is 9.97 Å². The molecule has 3 heterocycles. The predicted octanol–water partition coefficient (Wildman–Crippen LogP) is 4.29. The number of halogens is 2. The fourth-order valence-corrected chi connectivity index (χ4v) is 6.72. The Bertz CT molecular complexity index is 1600. The number of benzene rings is 2. The van der Waals surface area contributed by atoms with Crippen molar-refractivity contribution in [2.24, 2.45) is 0 Å². The molecule has 1 saturated heterocycles. The summed E-state index contributed by atoms with van der Waals surface area (Å²) in [6, 6.07) is 16.9. The molecule has 1 aliphatic heterocycles. The van der Waals surface area contributed by atoms with Crippen molar-refractivity contribution < 1.29 is 21.9 Å². The van der Waals surface area contributed by atoms with E-state index in [1.807, 2.05) is 4.90 Å². The van der Waals surface area contributed by atoms with E-state index in [-0.39, 0.29) is 22.8 Å². The van der Waals surface area contributed by atoms with Gasteiger partial charge in [0.1, 0.15) is 11.6 Å². The van der Waals surface area contributed by atoms with Crippen LogP contribution in [0.5, 0.6) is 0 Å². The summed E-state index contributed by atoms with van der Waals surface area (Å²) in [6.07, 6.45) is -0.0653. The molecule has 41 heavy (non-hydrogen) atoms. The highest BCUT2D eigenvalue weighted by atomic mass is 32.2. The number of aromatic nitrogens is 4. The first-order chi connectivity index (χ1) is 19.9. The third kappa shape index (κ3) is 6.02. The topological polar surface area (TPSA) is 114 Å². The zero-order chi connectivity index (χ0) is 28.4. The van der Waals surface area contributed by atoms with Gasteiger partial charge in [-0.1, -0.05) is 30.3 Å². The lowest BCUT2D eigenvalue weighted by atomic mass is 9.92. The van der Waals surface area contributed by atoms with Gasteiger partial charge in [0.15, 0.2) is 5.82 Å². The van der Waals surface area contributed by atoms with E-state index in [1.54, 1.807) is 60.7 Å². The van der Waals surface area contributed by atoms with Crippen LogP contribution in [0.1, 0.15) is 37.9 Å². The van der Waals surface area contributed by atoms with Gasteiger partial charge in [-0.3, -0.25) is 4.57 Å². The minimum absolute atomic E-state index is 0.0295. The van der Waals surface area contributed by atoms with Gasteiger partial charge in [0.05, 0.1) is 29.1 Å². The Balaban J connectivity index is 1.25. The van der Waals surface area contributed by atoms with E-state index in [1.165, 1.54) is 4.57 Å². The summed E-state index contributed by atoms with van der Waals surface area (Å²) in [5.74, 6) is 0.866. The van der Waals surface area contributed by atoms with E-state index in [4.69, 9.17) is 14.7 Å². The molecular formula is C28H31F2N7O3S. The molecule has 2 aromatic carbocycles. The number of hydrogen-bond acceptors (Lipinski definition) is 8. The van der Waals surface area contributed by atoms with Gasteiger partial charge in [0.25, 0.3) is 6.43 Å². The van der Waals surface area contributed by atoms with Crippen molar-refractivity contribution in [1.82, 2.24) is 24.2 Å². The Morgan fingerprint density at radius 2 is 1.56 bits per heavy atom. The lowest BCUT2D eigenvalue weighted by molar-refractivity contribution is 0.122. The molecule has 4 aromatic rings. The summed E-state index contributed by atoms with van der Waals surface area (Å²) in [5.41, 5.74) is 0.992. The lowest BCUT2D eigenvalue weighted by Crippen LogP contribution is -2.40. The highest BCUT2D eigenvalue weighted by Crippen LogP contribution is 2.30. The quantitative estimate of drug-likeness (QED) is 0.316. The third-order valence-electron chi connectivity index (χ3n) is 7.46. The number of para-hydroxylation sites is 2. The van der Waals surface area contributed by atoms with Crippen molar-refractivity contribution in [2.45, 2.75) is 49.1 Å². The fourth-order valence-electron chi connectivity index (χ4n) is 5.40. The molecule has 2 N–H and O–H groups in total. The maximum Gasteiger partial charge on any atom is 0.296 e. The van der Waals surface area contributed by atoms with Crippen molar-refractivity contribution in [2.75, 3.05) is 36.5 Å². The number of nitrogens with zero attached hydrogens (tertiary/aromatic N) is 5.